The number of nitrogens with zero attached hydrogens (tertiary/aromatic N) is 1. The smallest absolute Gasteiger partial charge is 0.0646 e. The Hall–Kier alpha value is -1.11. The minimum atomic E-state index is 0.955. The molecule has 56 valence electrons. The van der Waals surface area contributed by atoms with Crippen molar-refractivity contribution in [3.05, 3.63) is 34.3 Å². The van der Waals surface area contributed by atoms with E-state index >= 15 is 0 Å². The molecule has 1 nitrogen and oxygen atoms in total. The van der Waals surface area contributed by atoms with E-state index < -0.39 is 0 Å². The fourth-order valence-electron chi connectivity index (χ4n) is 1.37. The molecule has 1 heteroatoms. The zero-order chi connectivity index (χ0) is 7.68. The standard InChI is InChI=1S/C10H11N/c1-8-4-5-9-3-2-6-11-10(9)7-8/h3-5,7H,2,6H2,1H3. The van der Waals surface area contributed by atoms with Crippen LogP contribution in [0.2, 0.25) is 0 Å². The number of fused-ring (bicyclic) bond motifs is 1. The number of rotatable bonds is 0. The van der Waals surface area contributed by atoms with Crippen LogP contribution in [0, 0.1) is 6.92 Å². The summed E-state index contributed by atoms with van der Waals surface area (Å²) in [5.74, 6) is 0. The first kappa shape index (κ1) is 6.59. The van der Waals surface area contributed by atoms with Crippen LogP contribution in [0.1, 0.15) is 12.0 Å². The highest BCUT2D eigenvalue weighted by Gasteiger charge is 1.92. The minimum absolute atomic E-state index is 0.955. The maximum absolute atomic E-state index is 4.42. The summed E-state index contributed by atoms with van der Waals surface area (Å²) in [5.41, 5.74) is 1.29. The van der Waals surface area contributed by atoms with Crippen molar-refractivity contribution in [2.75, 3.05) is 6.54 Å². The first-order valence-corrected chi connectivity index (χ1v) is 3.97. The molecular formula is C10H11N. The van der Waals surface area contributed by atoms with Crippen LogP contribution >= 0.6 is 0 Å². The molecule has 11 heavy (non-hydrogen) atoms. The van der Waals surface area contributed by atoms with E-state index in [9.17, 15) is 0 Å². The average molecular weight is 145 g/mol. The van der Waals surface area contributed by atoms with Crippen molar-refractivity contribution in [1.29, 1.82) is 0 Å². The van der Waals surface area contributed by atoms with Gasteiger partial charge in [-0.1, -0.05) is 18.2 Å². The summed E-state index contributed by atoms with van der Waals surface area (Å²) in [5, 5.41) is 2.46. The normalized spacial score (nSPS) is 14.6. The highest BCUT2D eigenvalue weighted by atomic mass is 14.7. The summed E-state index contributed by atoms with van der Waals surface area (Å²) in [4.78, 5) is 4.42. The summed E-state index contributed by atoms with van der Waals surface area (Å²) in [7, 11) is 0. The number of hydrogen-bond acceptors (Lipinski definition) is 1. The van der Waals surface area contributed by atoms with Gasteiger partial charge in [0, 0.05) is 6.54 Å². The second-order valence-corrected chi connectivity index (χ2v) is 2.94. The molecule has 1 aromatic carbocycles. The zero-order valence-corrected chi connectivity index (χ0v) is 6.67. The summed E-state index contributed by atoms with van der Waals surface area (Å²) in [6.45, 7) is 3.06. The largest absolute Gasteiger partial charge is 0.284 e. The number of hydrogen-bond donors (Lipinski definition) is 0. The molecule has 0 amide bonds. The second-order valence-electron chi connectivity index (χ2n) is 2.94. The highest BCUT2D eigenvalue weighted by Crippen LogP contribution is 1.90. The SMILES string of the molecule is Cc1ccc2c(c1)=NCCC=2. The molecule has 0 atom stereocenters. The van der Waals surface area contributed by atoms with Crippen molar-refractivity contribution in [1.82, 2.24) is 0 Å². The summed E-state index contributed by atoms with van der Waals surface area (Å²) < 4.78 is 0. The lowest BCUT2D eigenvalue weighted by molar-refractivity contribution is 0.958. The molecule has 1 heterocycles. The van der Waals surface area contributed by atoms with Gasteiger partial charge in [0.2, 0.25) is 0 Å². The van der Waals surface area contributed by atoms with E-state index in [2.05, 4.69) is 36.2 Å². The second kappa shape index (κ2) is 2.50. The van der Waals surface area contributed by atoms with Gasteiger partial charge in [0.05, 0.1) is 5.36 Å². The van der Waals surface area contributed by atoms with Gasteiger partial charge >= 0.3 is 0 Å². The molecule has 2 rings (SSSR count). The molecule has 0 aliphatic carbocycles. The Bertz CT molecular complexity index is 376. The van der Waals surface area contributed by atoms with E-state index in [4.69, 9.17) is 0 Å². The molecule has 1 aromatic rings. The predicted octanol–water partition coefficient (Wildman–Crippen LogP) is 0.799. The molecule has 0 radical (unpaired) electrons. The minimum Gasteiger partial charge on any atom is -0.284 e. The quantitative estimate of drug-likeness (QED) is 0.512. The fourth-order valence-corrected chi connectivity index (χ4v) is 1.37. The van der Waals surface area contributed by atoms with Crippen LogP contribution in [0.4, 0.5) is 0 Å². The van der Waals surface area contributed by atoms with Crippen molar-refractivity contribution >= 4 is 6.08 Å². The fraction of sp³-hybridized carbons (Fsp3) is 0.300. The Morgan fingerprint density at radius 1 is 1.36 bits per heavy atom. The Balaban J connectivity index is 2.80. The third kappa shape index (κ3) is 1.18. The van der Waals surface area contributed by atoms with E-state index in [1.165, 1.54) is 10.8 Å². The molecule has 0 aromatic heterocycles. The molecule has 0 spiro atoms. The maximum atomic E-state index is 4.42. The number of aryl methyl sites for hydroxylation is 1. The zero-order valence-electron chi connectivity index (χ0n) is 6.67. The van der Waals surface area contributed by atoms with Crippen molar-refractivity contribution in [3.63, 3.8) is 0 Å². The van der Waals surface area contributed by atoms with Crippen LogP contribution in [-0.4, -0.2) is 6.54 Å². The van der Waals surface area contributed by atoms with Crippen LogP contribution in [0.25, 0.3) is 6.08 Å². The van der Waals surface area contributed by atoms with Crippen LogP contribution in [-0.2, 0) is 0 Å². The van der Waals surface area contributed by atoms with Crippen molar-refractivity contribution in [3.8, 4) is 0 Å². The van der Waals surface area contributed by atoms with Gasteiger partial charge in [-0.15, -0.1) is 0 Å². The van der Waals surface area contributed by atoms with Gasteiger partial charge in [-0.2, -0.15) is 0 Å². The molecular weight excluding hydrogens is 134 g/mol. The van der Waals surface area contributed by atoms with Gasteiger partial charge in [-0.25, -0.2) is 0 Å². The first-order valence-electron chi connectivity index (χ1n) is 3.97. The molecule has 1 aliphatic heterocycles. The Labute approximate surface area is 66.1 Å². The molecule has 0 N–H and O–H groups in total. The van der Waals surface area contributed by atoms with Gasteiger partial charge in [-0.05, 0) is 30.2 Å². The third-order valence-corrected chi connectivity index (χ3v) is 1.96. The van der Waals surface area contributed by atoms with Crippen LogP contribution in [0.3, 0.4) is 0 Å². The molecule has 0 fully saturated rings. The topological polar surface area (TPSA) is 12.4 Å². The summed E-state index contributed by atoms with van der Waals surface area (Å²) >= 11 is 0. The van der Waals surface area contributed by atoms with Crippen LogP contribution in [0.5, 0.6) is 0 Å². The monoisotopic (exact) mass is 145 g/mol. The lowest BCUT2D eigenvalue weighted by atomic mass is 10.1. The summed E-state index contributed by atoms with van der Waals surface area (Å²) in [6.07, 6.45) is 3.35. The summed E-state index contributed by atoms with van der Waals surface area (Å²) in [6, 6.07) is 6.43. The Kier molecular flexibility index (Phi) is 1.50. The van der Waals surface area contributed by atoms with E-state index in [1.54, 1.807) is 0 Å². The van der Waals surface area contributed by atoms with Crippen molar-refractivity contribution in [2.24, 2.45) is 4.99 Å². The maximum Gasteiger partial charge on any atom is 0.0646 e. The van der Waals surface area contributed by atoms with Crippen molar-refractivity contribution < 1.29 is 0 Å². The third-order valence-electron chi connectivity index (χ3n) is 1.96. The molecule has 0 saturated carbocycles. The predicted molar refractivity (Wildman–Crippen MR) is 45.9 cm³/mol. The highest BCUT2D eigenvalue weighted by molar-refractivity contribution is 5.27. The lowest BCUT2D eigenvalue weighted by Crippen LogP contribution is -2.27. The lowest BCUT2D eigenvalue weighted by Gasteiger charge is -1.99. The van der Waals surface area contributed by atoms with Gasteiger partial charge in [0.1, 0.15) is 0 Å². The molecule has 0 bridgehead atoms. The van der Waals surface area contributed by atoms with E-state index in [0.717, 1.165) is 18.3 Å². The van der Waals surface area contributed by atoms with Crippen LogP contribution < -0.4 is 10.6 Å². The molecule has 0 unspecified atom stereocenters. The van der Waals surface area contributed by atoms with E-state index in [0.29, 0.717) is 0 Å². The van der Waals surface area contributed by atoms with Gasteiger partial charge in [-0.3, -0.25) is 4.99 Å². The number of benzene rings is 1. The molecule has 0 saturated heterocycles. The van der Waals surface area contributed by atoms with E-state index in [-0.39, 0.29) is 0 Å². The van der Waals surface area contributed by atoms with Gasteiger partial charge in [0.25, 0.3) is 0 Å². The van der Waals surface area contributed by atoms with Crippen molar-refractivity contribution in [2.45, 2.75) is 13.3 Å². The van der Waals surface area contributed by atoms with Gasteiger partial charge < -0.3 is 0 Å². The first-order chi connectivity index (χ1) is 5.36. The Morgan fingerprint density at radius 2 is 2.27 bits per heavy atom. The van der Waals surface area contributed by atoms with Gasteiger partial charge in [0.15, 0.2) is 0 Å². The Morgan fingerprint density at radius 3 is 3.18 bits per heavy atom. The van der Waals surface area contributed by atoms with E-state index in [1.807, 2.05) is 0 Å². The van der Waals surface area contributed by atoms with Crippen LogP contribution in [0.15, 0.2) is 23.2 Å². The average Bonchev–Trinajstić information content (AvgIpc) is 2.04. The molecule has 1 aliphatic rings.